The lowest BCUT2D eigenvalue weighted by molar-refractivity contribution is -0.155. The van der Waals surface area contributed by atoms with Crippen molar-refractivity contribution < 1.29 is 14.6 Å². The second-order valence-corrected chi connectivity index (χ2v) is 3.83. The molecule has 0 aliphatic heterocycles. The summed E-state index contributed by atoms with van der Waals surface area (Å²) in [5.74, 6) is -1.00. The summed E-state index contributed by atoms with van der Waals surface area (Å²) in [4.78, 5) is 14.8. The lowest BCUT2D eigenvalue weighted by Crippen LogP contribution is -2.24. The topological polar surface area (TPSA) is 90.4 Å². The lowest BCUT2D eigenvalue weighted by Gasteiger charge is -2.18. The predicted octanol–water partition coefficient (Wildman–Crippen LogP) is 1.13. The van der Waals surface area contributed by atoms with E-state index >= 15 is 0 Å². The fraction of sp³-hybridized carbons (Fsp3) is 0.455. The Morgan fingerprint density at radius 2 is 2.24 bits per heavy atom. The van der Waals surface area contributed by atoms with Gasteiger partial charge in [-0.3, -0.25) is 0 Å². The van der Waals surface area contributed by atoms with Gasteiger partial charge in [-0.15, -0.1) is 0 Å². The van der Waals surface area contributed by atoms with E-state index in [0.29, 0.717) is 11.4 Å². The SMILES string of the molecule is C=C(N)c1ncn(C(C)OC(C)C(=O)O)c1C. The number of nitrogens with zero attached hydrogens (tertiary/aromatic N) is 2. The summed E-state index contributed by atoms with van der Waals surface area (Å²) in [6, 6.07) is 0. The largest absolute Gasteiger partial charge is 0.479 e. The van der Waals surface area contributed by atoms with Crippen molar-refractivity contribution in [3.05, 3.63) is 24.3 Å². The molecular weight excluding hydrogens is 222 g/mol. The quantitative estimate of drug-likeness (QED) is 0.803. The van der Waals surface area contributed by atoms with Gasteiger partial charge in [0.15, 0.2) is 6.10 Å². The van der Waals surface area contributed by atoms with Crippen LogP contribution in [-0.4, -0.2) is 26.7 Å². The molecule has 0 bridgehead atoms. The van der Waals surface area contributed by atoms with Crippen LogP contribution in [0.25, 0.3) is 5.70 Å². The van der Waals surface area contributed by atoms with Crippen LogP contribution in [0, 0.1) is 6.92 Å². The normalized spacial score (nSPS) is 14.3. The summed E-state index contributed by atoms with van der Waals surface area (Å²) >= 11 is 0. The first-order valence-electron chi connectivity index (χ1n) is 5.21. The van der Waals surface area contributed by atoms with Crippen LogP contribution in [0.5, 0.6) is 0 Å². The monoisotopic (exact) mass is 239 g/mol. The molecule has 0 radical (unpaired) electrons. The molecule has 0 aliphatic carbocycles. The van der Waals surface area contributed by atoms with Gasteiger partial charge in [-0.05, 0) is 20.8 Å². The molecule has 1 aromatic heterocycles. The Hall–Kier alpha value is -1.82. The molecule has 1 heterocycles. The van der Waals surface area contributed by atoms with Gasteiger partial charge in [-0.1, -0.05) is 6.58 Å². The predicted molar refractivity (Wildman–Crippen MR) is 63.1 cm³/mol. The molecule has 0 aliphatic rings. The molecule has 2 unspecified atom stereocenters. The summed E-state index contributed by atoms with van der Waals surface area (Å²) in [6.45, 7) is 8.67. The third kappa shape index (κ3) is 2.85. The van der Waals surface area contributed by atoms with E-state index in [1.807, 2.05) is 6.92 Å². The van der Waals surface area contributed by atoms with Crippen LogP contribution in [0.15, 0.2) is 12.9 Å². The Morgan fingerprint density at radius 3 is 2.65 bits per heavy atom. The lowest BCUT2D eigenvalue weighted by atomic mass is 10.3. The smallest absolute Gasteiger partial charge is 0.332 e. The zero-order valence-corrected chi connectivity index (χ0v) is 10.2. The number of ether oxygens (including phenoxy) is 1. The summed E-state index contributed by atoms with van der Waals surface area (Å²) in [5, 5.41) is 8.76. The van der Waals surface area contributed by atoms with Crippen LogP contribution in [0.3, 0.4) is 0 Å². The molecule has 94 valence electrons. The molecule has 0 amide bonds. The first-order chi connectivity index (χ1) is 7.84. The second-order valence-electron chi connectivity index (χ2n) is 3.83. The first-order valence-corrected chi connectivity index (χ1v) is 5.21. The van der Waals surface area contributed by atoms with E-state index in [-0.39, 0.29) is 0 Å². The van der Waals surface area contributed by atoms with Crippen LogP contribution in [0.2, 0.25) is 0 Å². The first kappa shape index (κ1) is 13.2. The van der Waals surface area contributed by atoms with Gasteiger partial charge in [-0.25, -0.2) is 9.78 Å². The van der Waals surface area contributed by atoms with Crippen LogP contribution in [0.4, 0.5) is 0 Å². The molecule has 17 heavy (non-hydrogen) atoms. The second kappa shape index (κ2) is 5.01. The zero-order chi connectivity index (χ0) is 13.2. The number of rotatable bonds is 5. The zero-order valence-electron chi connectivity index (χ0n) is 10.2. The molecule has 6 nitrogen and oxygen atoms in total. The van der Waals surface area contributed by atoms with Gasteiger partial charge in [0, 0.05) is 5.69 Å². The maximum absolute atomic E-state index is 10.7. The van der Waals surface area contributed by atoms with Gasteiger partial charge in [-0.2, -0.15) is 0 Å². The number of imidazole rings is 1. The standard InChI is InChI=1S/C11H17N3O3/c1-6(12)10-7(2)14(5-13-10)9(4)17-8(3)11(15)16/h5,8-9H,1,12H2,2-4H3,(H,15,16). The minimum atomic E-state index is -1.00. The molecule has 3 N–H and O–H groups in total. The number of hydrogen-bond donors (Lipinski definition) is 2. The summed E-state index contributed by atoms with van der Waals surface area (Å²) in [7, 11) is 0. The number of carboxylic acids is 1. The molecule has 2 atom stereocenters. The number of aromatic nitrogens is 2. The van der Waals surface area contributed by atoms with E-state index < -0.39 is 18.3 Å². The molecule has 0 saturated heterocycles. The average Bonchev–Trinajstić information content (AvgIpc) is 2.59. The van der Waals surface area contributed by atoms with Crippen LogP contribution >= 0.6 is 0 Å². The van der Waals surface area contributed by atoms with Gasteiger partial charge in [0.1, 0.15) is 11.9 Å². The van der Waals surface area contributed by atoms with Crippen LogP contribution in [-0.2, 0) is 9.53 Å². The highest BCUT2D eigenvalue weighted by Gasteiger charge is 2.18. The number of hydrogen-bond acceptors (Lipinski definition) is 4. The van der Waals surface area contributed by atoms with E-state index in [0.717, 1.165) is 5.69 Å². The van der Waals surface area contributed by atoms with Crippen molar-refractivity contribution in [1.82, 2.24) is 9.55 Å². The number of aliphatic carboxylic acids is 1. The third-order valence-electron chi connectivity index (χ3n) is 2.49. The molecule has 0 spiro atoms. The highest BCUT2D eigenvalue weighted by molar-refractivity contribution is 5.71. The Kier molecular flexibility index (Phi) is 3.90. The van der Waals surface area contributed by atoms with Crippen molar-refractivity contribution in [2.45, 2.75) is 33.1 Å². The van der Waals surface area contributed by atoms with E-state index in [9.17, 15) is 4.79 Å². The maximum Gasteiger partial charge on any atom is 0.332 e. The molecule has 6 heteroatoms. The maximum atomic E-state index is 10.7. The fourth-order valence-corrected chi connectivity index (χ4v) is 1.52. The molecular formula is C11H17N3O3. The van der Waals surface area contributed by atoms with Gasteiger partial charge in [0.2, 0.25) is 0 Å². The Balaban J connectivity index is 2.86. The highest BCUT2D eigenvalue weighted by atomic mass is 16.5. The van der Waals surface area contributed by atoms with Crippen molar-refractivity contribution in [3.63, 3.8) is 0 Å². The number of carboxylic acid groups (broad SMARTS) is 1. The molecule has 0 aromatic carbocycles. The fourth-order valence-electron chi connectivity index (χ4n) is 1.52. The minimum Gasteiger partial charge on any atom is -0.479 e. The Morgan fingerprint density at radius 1 is 1.65 bits per heavy atom. The van der Waals surface area contributed by atoms with Crippen molar-refractivity contribution >= 4 is 11.7 Å². The summed E-state index contributed by atoms with van der Waals surface area (Å²) < 4.78 is 7.04. The van der Waals surface area contributed by atoms with Crippen LogP contribution in [0.1, 0.15) is 31.5 Å². The Labute approximate surface area is 99.7 Å². The van der Waals surface area contributed by atoms with Gasteiger partial charge in [0.05, 0.1) is 12.0 Å². The van der Waals surface area contributed by atoms with Gasteiger partial charge in [0.25, 0.3) is 0 Å². The average molecular weight is 239 g/mol. The highest BCUT2D eigenvalue weighted by Crippen LogP contribution is 2.18. The molecule has 1 aromatic rings. The minimum absolute atomic E-state index is 0.375. The molecule has 0 fully saturated rings. The van der Waals surface area contributed by atoms with Crippen molar-refractivity contribution in [3.8, 4) is 0 Å². The molecule has 0 saturated carbocycles. The van der Waals surface area contributed by atoms with E-state index in [2.05, 4.69) is 11.6 Å². The summed E-state index contributed by atoms with van der Waals surface area (Å²) in [6.07, 6.45) is 0.250. The van der Waals surface area contributed by atoms with Gasteiger partial charge < -0.3 is 20.1 Å². The van der Waals surface area contributed by atoms with E-state index in [1.165, 1.54) is 6.92 Å². The number of nitrogens with two attached hydrogens (primary N) is 1. The van der Waals surface area contributed by atoms with Crippen LogP contribution < -0.4 is 5.73 Å². The summed E-state index contributed by atoms with van der Waals surface area (Å²) in [5.41, 5.74) is 7.34. The van der Waals surface area contributed by atoms with Crippen molar-refractivity contribution in [1.29, 1.82) is 0 Å². The van der Waals surface area contributed by atoms with Crippen molar-refractivity contribution in [2.75, 3.05) is 0 Å². The van der Waals surface area contributed by atoms with E-state index in [4.69, 9.17) is 15.6 Å². The van der Waals surface area contributed by atoms with E-state index in [1.54, 1.807) is 17.8 Å². The Bertz CT molecular complexity index is 439. The number of carbonyl (C=O) groups is 1. The van der Waals surface area contributed by atoms with Gasteiger partial charge >= 0.3 is 5.97 Å². The third-order valence-corrected chi connectivity index (χ3v) is 2.49. The van der Waals surface area contributed by atoms with Crippen molar-refractivity contribution in [2.24, 2.45) is 5.73 Å². The molecule has 1 rings (SSSR count).